The lowest BCUT2D eigenvalue weighted by molar-refractivity contribution is -0.132. The number of nitrogens with zero attached hydrogens (tertiary/aromatic N) is 5. The third kappa shape index (κ3) is 5.11. The molecule has 1 aliphatic rings. The van der Waals surface area contributed by atoms with E-state index in [0.717, 1.165) is 37.9 Å². The summed E-state index contributed by atoms with van der Waals surface area (Å²) in [5.74, 6) is -0.284. The van der Waals surface area contributed by atoms with Gasteiger partial charge in [0.05, 0.1) is 11.6 Å². The highest BCUT2D eigenvalue weighted by Crippen LogP contribution is 2.21. The van der Waals surface area contributed by atoms with Crippen molar-refractivity contribution in [3.63, 3.8) is 0 Å². The van der Waals surface area contributed by atoms with Crippen LogP contribution in [0.1, 0.15) is 42.9 Å². The maximum atomic E-state index is 13.6. The molecule has 1 atom stereocenters. The quantitative estimate of drug-likeness (QED) is 0.796. The van der Waals surface area contributed by atoms with Crippen molar-refractivity contribution in [1.29, 1.82) is 5.26 Å². The van der Waals surface area contributed by atoms with Crippen LogP contribution in [0.4, 0.5) is 4.39 Å². The molecule has 1 aromatic carbocycles. The van der Waals surface area contributed by atoms with Crippen molar-refractivity contribution >= 4 is 5.91 Å². The molecule has 1 saturated heterocycles. The van der Waals surface area contributed by atoms with Gasteiger partial charge in [-0.1, -0.05) is 0 Å². The van der Waals surface area contributed by atoms with Gasteiger partial charge in [0.15, 0.2) is 0 Å². The molecule has 0 N–H and O–H groups in total. The molecule has 0 saturated carbocycles. The van der Waals surface area contributed by atoms with Crippen molar-refractivity contribution in [1.82, 2.24) is 19.8 Å². The Kier molecular flexibility index (Phi) is 6.66. The van der Waals surface area contributed by atoms with Gasteiger partial charge < -0.3 is 4.90 Å². The molecule has 28 heavy (non-hydrogen) atoms. The molecule has 1 unspecified atom stereocenters. The van der Waals surface area contributed by atoms with E-state index < -0.39 is 0 Å². The summed E-state index contributed by atoms with van der Waals surface area (Å²) in [5, 5.41) is 9.27. The summed E-state index contributed by atoms with van der Waals surface area (Å²) in [7, 11) is 0. The third-order valence-corrected chi connectivity index (χ3v) is 5.18. The lowest BCUT2D eigenvalue weighted by Gasteiger charge is -2.30. The van der Waals surface area contributed by atoms with E-state index in [1.165, 1.54) is 24.5 Å². The topological polar surface area (TPSA) is 73.1 Å². The van der Waals surface area contributed by atoms with Crippen LogP contribution >= 0.6 is 0 Å². The molecule has 0 aliphatic carbocycles. The van der Waals surface area contributed by atoms with Crippen molar-refractivity contribution < 1.29 is 9.18 Å². The first-order valence-electron chi connectivity index (χ1n) is 9.49. The second kappa shape index (κ2) is 9.38. The lowest BCUT2D eigenvalue weighted by Crippen LogP contribution is -2.39. The van der Waals surface area contributed by atoms with Crippen LogP contribution < -0.4 is 0 Å². The van der Waals surface area contributed by atoms with Gasteiger partial charge in [0.1, 0.15) is 12.1 Å². The van der Waals surface area contributed by atoms with Crippen LogP contribution in [0, 0.1) is 17.1 Å². The van der Waals surface area contributed by atoms with Crippen LogP contribution in [-0.2, 0) is 17.9 Å². The van der Waals surface area contributed by atoms with Crippen molar-refractivity contribution in [3.05, 3.63) is 59.4 Å². The second-order valence-electron chi connectivity index (χ2n) is 7.17. The van der Waals surface area contributed by atoms with Crippen molar-refractivity contribution in [2.75, 3.05) is 13.1 Å². The number of aromatic nitrogens is 2. The van der Waals surface area contributed by atoms with Crippen LogP contribution in [-0.4, -0.2) is 44.8 Å². The molecule has 3 rings (SSSR count). The molecule has 1 amide bonds. The minimum atomic E-state index is -0.325. The maximum absolute atomic E-state index is 13.6. The van der Waals surface area contributed by atoms with Crippen LogP contribution in [0.5, 0.6) is 0 Å². The Bertz CT molecular complexity index is 852. The number of halogens is 1. The van der Waals surface area contributed by atoms with Crippen molar-refractivity contribution in [3.8, 4) is 6.07 Å². The minimum absolute atomic E-state index is 0.0409. The van der Waals surface area contributed by atoms with E-state index in [4.69, 9.17) is 0 Å². The Labute approximate surface area is 164 Å². The van der Waals surface area contributed by atoms with Gasteiger partial charge in [-0.05, 0) is 49.6 Å². The number of hydrogen-bond acceptors (Lipinski definition) is 5. The largest absolute Gasteiger partial charge is 0.335 e. The SMILES string of the molecule is CC(=O)N(Cc1cncnc1)C1CCCN(Cc2cc(F)ccc2C#N)CC1. The Hall–Kier alpha value is -2.85. The third-order valence-electron chi connectivity index (χ3n) is 5.18. The molecule has 6 nitrogen and oxygen atoms in total. The van der Waals surface area contributed by atoms with Gasteiger partial charge in [-0.25, -0.2) is 14.4 Å². The average molecular weight is 381 g/mol. The zero-order chi connectivity index (χ0) is 19.9. The van der Waals surface area contributed by atoms with E-state index in [2.05, 4.69) is 20.9 Å². The average Bonchev–Trinajstić information content (AvgIpc) is 2.92. The highest BCUT2D eigenvalue weighted by atomic mass is 19.1. The number of hydrogen-bond donors (Lipinski definition) is 0. The van der Waals surface area contributed by atoms with E-state index in [9.17, 15) is 14.4 Å². The molecule has 7 heteroatoms. The molecule has 0 spiro atoms. The number of benzene rings is 1. The van der Waals surface area contributed by atoms with E-state index in [1.807, 2.05) is 4.90 Å². The van der Waals surface area contributed by atoms with Gasteiger partial charge in [-0.2, -0.15) is 5.26 Å². The Morgan fingerprint density at radius 2 is 2.11 bits per heavy atom. The molecule has 0 radical (unpaired) electrons. The van der Waals surface area contributed by atoms with Crippen LogP contribution in [0.25, 0.3) is 0 Å². The summed E-state index contributed by atoms with van der Waals surface area (Å²) < 4.78 is 13.6. The number of rotatable bonds is 5. The van der Waals surface area contributed by atoms with E-state index in [-0.39, 0.29) is 17.8 Å². The van der Waals surface area contributed by atoms with E-state index >= 15 is 0 Å². The van der Waals surface area contributed by atoms with Gasteiger partial charge in [-0.15, -0.1) is 0 Å². The zero-order valence-electron chi connectivity index (χ0n) is 16.0. The summed E-state index contributed by atoms with van der Waals surface area (Å²) in [6, 6.07) is 6.58. The molecular weight excluding hydrogens is 357 g/mol. The first-order chi connectivity index (χ1) is 13.6. The summed E-state index contributed by atoms with van der Waals surface area (Å²) >= 11 is 0. The normalized spacial score (nSPS) is 17.5. The van der Waals surface area contributed by atoms with Gasteiger partial charge in [0.25, 0.3) is 0 Å². The number of nitriles is 1. The van der Waals surface area contributed by atoms with Crippen molar-refractivity contribution in [2.45, 2.75) is 45.3 Å². The molecular formula is C21H24FN5O. The monoisotopic (exact) mass is 381 g/mol. The number of amides is 1. The molecule has 1 aliphatic heterocycles. The summed E-state index contributed by atoms with van der Waals surface area (Å²) in [4.78, 5) is 24.4. The Morgan fingerprint density at radius 1 is 1.32 bits per heavy atom. The predicted molar refractivity (Wildman–Crippen MR) is 102 cm³/mol. The van der Waals surface area contributed by atoms with Gasteiger partial charge in [0, 0.05) is 50.6 Å². The van der Waals surface area contributed by atoms with Crippen LogP contribution in [0.3, 0.4) is 0 Å². The first kappa shape index (κ1) is 19.9. The Balaban J connectivity index is 1.66. The first-order valence-corrected chi connectivity index (χ1v) is 9.49. The van der Waals surface area contributed by atoms with Gasteiger partial charge in [0.2, 0.25) is 5.91 Å². The van der Waals surface area contributed by atoms with Gasteiger partial charge >= 0.3 is 0 Å². The number of carbonyl (C=O) groups excluding carboxylic acids is 1. The summed E-state index contributed by atoms with van der Waals surface area (Å²) in [5.41, 5.74) is 2.14. The van der Waals surface area contributed by atoms with E-state index in [0.29, 0.717) is 24.2 Å². The highest BCUT2D eigenvalue weighted by molar-refractivity contribution is 5.73. The number of likely N-dealkylation sites (tertiary alicyclic amines) is 1. The predicted octanol–water partition coefficient (Wildman–Crippen LogP) is 2.89. The standard InChI is InChI=1S/C21H24FN5O/c1-16(28)27(13-17-11-24-15-25-12-17)21-3-2-7-26(8-6-21)14-19-9-20(22)5-4-18(19)10-23/h4-5,9,11-12,15,21H,2-3,6-8,13-14H2,1H3. The molecule has 2 heterocycles. The van der Waals surface area contributed by atoms with E-state index in [1.54, 1.807) is 19.3 Å². The molecule has 1 aromatic heterocycles. The Morgan fingerprint density at radius 3 is 2.82 bits per heavy atom. The fraction of sp³-hybridized carbons (Fsp3) is 0.429. The minimum Gasteiger partial charge on any atom is -0.335 e. The van der Waals surface area contributed by atoms with Crippen molar-refractivity contribution in [2.24, 2.45) is 0 Å². The fourth-order valence-corrected chi connectivity index (χ4v) is 3.76. The molecule has 0 bridgehead atoms. The van der Waals surface area contributed by atoms with Crippen LogP contribution in [0.15, 0.2) is 36.9 Å². The maximum Gasteiger partial charge on any atom is 0.219 e. The molecule has 146 valence electrons. The fourth-order valence-electron chi connectivity index (χ4n) is 3.76. The highest BCUT2D eigenvalue weighted by Gasteiger charge is 2.25. The second-order valence-corrected chi connectivity index (χ2v) is 7.17. The molecule has 1 fully saturated rings. The summed E-state index contributed by atoms with van der Waals surface area (Å²) in [6.45, 7) is 4.29. The smallest absolute Gasteiger partial charge is 0.219 e. The number of carbonyl (C=O) groups is 1. The van der Waals surface area contributed by atoms with Crippen LogP contribution in [0.2, 0.25) is 0 Å². The van der Waals surface area contributed by atoms with Gasteiger partial charge in [-0.3, -0.25) is 9.69 Å². The summed E-state index contributed by atoms with van der Waals surface area (Å²) in [6.07, 6.45) is 7.64. The zero-order valence-corrected chi connectivity index (χ0v) is 16.0. The molecule has 2 aromatic rings. The lowest BCUT2D eigenvalue weighted by atomic mass is 10.1.